The van der Waals surface area contributed by atoms with Crippen LogP contribution in [0.25, 0.3) is 11.4 Å². The maximum Gasteiger partial charge on any atom is 0.184 e. The molecular weight excluding hydrogens is 354 g/mol. The van der Waals surface area contributed by atoms with Gasteiger partial charge in [-0.2, -0.15) is 0 Å². The highest BCUT2D eigenvalue weighted by Gasteiger charge is 2.12. The zero-order valence-electron chi connectivity index (χ0n) is 10.9. The number of nitrogen functional groups attached to an aromatic ring is 1. The molecule has 3 rings (SSSR count). The van der Waals surface area contributed by atoms with Gasteiger partial charge in [0, 0.05) is 20.7 Å². The van der Waals surface area contributed by atoms with Crippen LogP contribution in [0, 0.1) is 0 Å². The van der Waals surface area contributed by atoms with Gasteiger partial charge in [0.05, 0.1) is 6.54 Å². The predicted molar refractivity (Wildman–Crippen MR) is 85.9 cm³/mol. The van der Waals surface area contributed by atoms with E-state index in [0.717, 1.165) is 15.6 Å². The summed E-state index contributed by atoms with van der Waals surface area (Å²) in [5, 5.41) is 12.4. The Balaban J connectivity index is 1.97. The first kappa shape index (κ1) is 14.0. The first-order valence-electron chi connectivity index (χ1n) is 6.19. The fourth-order valence-corrected chi connectivity index (χ4v) is 2.68. The van der Waals surface area contributed by atoms with Gasteiger partial charge in [-0.15, -0.1) is 5.10 Å². The lowest BCUT2D eigenvalue weighted by atomic mass is 10.1. The van der Waals surface area contributed by atoms with E-state index in [2.05, 4.69) is 31.5 Å². The highest BCUT2D eigenvalue weighted by molar-refractivity contribution is 9.10. The number of hydrogen-bond donors (Lipinski definition) is 1. The third-order valence-electron chi connectivity index (χ3n) is 3.01. The third kappa shape index (κ3) is 3.06. The fourth-order valence-electron chi connectivity index (χ4n) is 2.05. The van der Waals surface area contributed by atoms with Crippen molar-refractivity contribution in [2.45, 2.75) is 6.54 Å². The Morgan fingerprint density at radius 2 is 2.05 bits per heavy atom. The Hall–Kier alpha value is -1.92. The summed E-state index contributed by atoms with van der Waals surface area (Å²) in [5.41, 5.74) is 8.40. The summed E-state index contributed by atoms with van der Waals surface area (Å²) in [6.07, 6.45) is 0. The lowest BCUT2D eigenvalue weighted by molar-refractivity contribution is 0.653. The van der Waals surface area contributed by atoms with Crippen molar-refractivity contribution >= 4 is 33.2 Å². The molecule has 0 bridgehead atoms. The van der Waals surface area contributed by atoms with E-state index in [1.165, 1.54) is 0 Å². The minimum atomic E-state index is 0.549. The first-order chi connectivity index (χ1) is 10.1. The molecule has 1 aromatic heterocycles. The molecule has 0 aliphatic heterocycles. The molecule has 0 amide bonds. The van der Waals surface area contributed by atoms with Gasteiger partial charge in [-0.3, -0.25) is 0 Å². The minimum absolute atomic E-state index is 0.549. The van der Waals surface area contributed by atoms with Crippen LogP contribution in [0.15, 0.2) is 46.9 Å². The summed E-state index contributed by atoms with van der Waals surface area (Å²) in [7, 11) is 0. The van der Waals surface area contributed by atoms with Gasteiger partial charge in [-0.05, 0) is 46.3 Å². The van der Waals surface area contributed by atoms with Crippen molar-refractivity contribution in [2.24, 2.45) is 0 Å². The number of rotatable bonds is 3. The zero-order chi connectivity index (χ0) is 14.8. The standard InChI is InChI=1S/C14H11BrClN5/c15-10-3-1-2-9(6-10)8-21-14(18-19-20-21)12-5-4-11(16)7-13(12)17/h1-7H,8,17H2. The highest BCUT2D eigenvalue weighted by atomic mass is 79.9. The van der Waals surface area contributed by atoms with Gasteiger partial charge in [0.2, 0.25) is 0 Å². The molecule has 0 aliphatic rings. The van der Waals surface area contributed by atoms with Crippen molar-refractivity contribution in [1.29, 1.82) is 0 Å². The molecule has 7 heteroatoms. The number of benzene rings is 2. The largest absolute Gasteiger partial charge is 0.398 e. The summed E-state index contributed by atoms with van der Waals surface area (Å²) >= 11 is 9.38. The molecule has 2 N–H and O–H groups in total. The average Bonchev–Trinajstić information content (AvgIpc) is 2.87. The molecule has 0 radical (unpaired) electrons. The lowest BCUT2D eigenvalue weighted by Gasteiger charge is -2.07. The Morgan fingerprint density at radius 3 is 2.81 bits per heavy atom. The van der Waals surface area contributed by atoms with Crippen molar-refractivity contribution in [2.75, 3.05) is 5.73 Å². The second-order valence-electron chi connectivity index (χ2n) is 4.52. The number of nitrogens with two attached hydrogens (primary N) is 1. The van der Waals surface area contributed by atoms with Crippen LogP contribution in [0.3, 0.4) is 0 Å². The van der Waals surface area contributed by atoms with Crippen LogP contribution >= 0.6 is 27.5 Å². The number of hydrogen-bond acceptors (Lipinski definition) is 4. The normalized spacial score (nSPS) is 10.8. The van der Waals surface area contributed by atoms with E-state index in [0.29, 0.717) is 23.1 Å². The van der Waals surface area contributed by atoms with E-state index in [9.17, 15) is 0 Å². The van der Waals surface area contributed by atoms with Gasteiger partial charge in [-0.25, -0.2) is 4.68 Å². The molecule has 0 saturated heterocycles. The summed E-state index contributed by atoms with van der Waals surface area (Å²) in [4.78, 5) is 0. The molecule has 5 nitrogen and oxygen atoms in total. The van der Waals surface area contributed by atoms with Crippen LogP contribution in [-0.2, 0) is 6.54 Å². The van der Waals surface area contributed by atoms with Crippen molar-refractivity contribution in [3.05, 3.63) is 57.5 Å². The van der Waals surface area contributed by atoms with E-state index in [4.69, 9.17) is 17.3 Å². The van der Waals surface area contributed by atoms with Crippen LogP contribution in [0.1, 0.15) is 5.56 Å². The van der Waals surface area contributed by atoms with E-state index in [-0.39, 0.29) is 0 Å². The number of tetrazole rings is 1. The first-order valence-corrected chi connectivity index (χ1v) is 7.36. The van der Waals surface area contributed by atoms with Crippen LogP contribution in [0.5, 0.6) is 0 Å². The number of halogens is 2. The van der Waals surface area contributed by atoms with Gasteiger partial charge >= 0.3 is 0 Å². The van der Waals surface area contributed by atoms with Crippen LogP contribution < -0.4 is 5.73 Å². The van der Waals surface area contributed by atoms with Gasteiger partial charge in [0.1, 0.15) is 0 Å². The summed E-state index contributed by atoms with van der Waals surface area (Å²) in [6, 6.07) is 13.3. The molecule has 0 aliphatic carbocycles. The molecule has 3 aromatic rings. The van der Waals surface area contributed by atoms with E-state index >= 15 is 0 Å². The van der Waals surface area contributed by atoms with Crippen LogP contribution in [-0.4, -0.2) is 20.2 Å². The van der Waals surface area contributed by atoms with Crippen molar-refractivity contribution in [1.82, 2.24) is 20.2 Å². The molecule has 0 atom stereocenters. The molecule has 106 valence electrons. The summed E-state index contributed by atoms with van der Waals surface area (Å²) in [6.45, 7) is 0.559. The smallest absolute Gasteiger partial charge is 0.184 e. The molecule has 21 heavy (non-hydrogen) atoms. The van der Waals surface area contributed by atoms with Crippen molar-refractivity contribution in [3.63, 3.8) is 0 Å². The maximum absolute atomic E-state index is 6.00. The second-order valence-corrected chi connectivity index (χ2v) is 5.87. The van der Waals surface area contributed by atoms with Gasteiger partial charge in [0.15, 0.2) is 5.82 Å². The summed E-state index contributed by atoms with van der Waals surface area (Å²) in [5.74, 6) is 0.615. The Morgan fingerprint density at radius 1 is 1.19 bits per heavy atom. The molecule has 0 unspecified atom stereocenters. The minimum Gasteiger partial charge on any atom is -0.398 e. The monoisotopic (exact) mass is 363 g/mol. The molecule has 0 spiro atoms. The SMILES string of the molecule is Nc1cc(Cl)ccc1-c1nnnn1Cc1cccc(Br)c1. The molecule has 0 saturated carbocycles. The van der Waals surface area contributed by atoms with E-state index in [1.54, 1.807) is 16.8 Å². The molecular formula is C14H11BrClN5. The zero-order valence-corrected chi connectivity index (χ0v) is 13.2. The lowest BCUT2D eigenvalue weighted by Crippen LogP contribution is -2.05. The van der Waals surface area contributed by atoms with Crippen LogP contribution in [0.4, 0.5) is 5.69 Å². The van der Waals surface area contributed by atoms with E-state index < -0.39 is 0 Å². The molecule has 1 heterocycles. The fraction of sp³-hybridized carbons (Fsp3) is 0.0714. The van der Waals surface area contributed by atoms with Gasteiger partial charge in [-0.1, -0.05) is 39.7 Å². The number of anilines is 1. The van der Waals surface area contributed by atoms with Gasteiger partial charge in [0.25, 0.3) is 0 Å². The number of nitrogens with zero attached hydrogens (tertiary/aromatic N) is 4. The second kappa shape index (κ2) is 5.83. The van der Waals surface area contributed by atoms with E-state index in [1.807, 2.05) is 30.3 Å². The predicted octanol–water partition coefficient (Wildman–Crippen LogP) is 3.39. The van der Waals surface area contributed by atoms with Crippen molar-refractivity contribution < 1.29 is 0 Å². The Bertz CT molecular complexity index is 787. The molecule has 0 fully saturated rings. The van der Waals surface area contributed by atoms with Crippen molar-refractivity contribution in [3.8, 4) is 11.4 Å². The Kier molecular flexibility index (Phi) is 3.90. The van der Waals surface area contributed by atoms with Gasteiger partial charge < -0.3 is 5.73 Å². The topological polar surface area (TPSA) is 69.6 Å². The average molecular weight is 365 g/mol. The Labute approximate surface area is 134 Å². The highest BCUT2D eigenvalue weighted by Crippen LogP contribution is 2.26. The quantitative estimate of drug-likeness (QED) is 0.723. The van der Waals surface area contributed by atoms with Crippen LogP contribution in [0.2, 0.25) is 5.02 Å². The number of aromatic nitrogens is 4. The molecule has 2 aromatic carbocycles. The summed E-state index contributed by atoms with van der Waals surface area (Å²) < 4.78 is 2.72. The third-order valence-corrected chi connectivity index (χ3v) is 3.74. The maximum atomic E-state index is 6.00.